The van der Waals surface area contributed by atoms with Crippen molar-refractivity contribution in [2.24, 2.45) is 0 Å². The molecule has 0 aliphatic carbocycles. The van der Waals surface area contributed by atoms with E-state index in [1.54, 1.807) is 29.2 Å². The third-order valence-corrected chi connectivity index (χ3v) is 6.75. The summed E-state index contributed by atoms with van der Waals surface area (Å²) in [7, 11) is -3.09. The van der Waals surface area contributed by atoms with Gasteiger partial charge in [-0.15, -0.1) is 0 Å². The fraction of sp³-hybridized carbons (Fsp3) is 0.500. The number of aromatic nitrogens is 2. The zero-order valence-corrected chi connectivity index (χ0v) is 15.8. The Kier molecular flexibility index (Phi) is 5.13. The van der Waals surface area contributed by atoms with Gasteiger partial charge in [-0.25, -0.2) is 8.42 Å². The number of fused-ring (bicyclic) bond motifs is 1. The Hall–Kier alpha value is -2.22. The van der Waals surface area contributed by atoms with Crippen LogP contribution in [0.2, 0.25) is 0 Å². The number of benzene rings is 1. The predicted molar refractivity (Wildman–Crippen MR) is 99.7 cm³/mol. The van der Waals surface area contributed by atoms with Crippen LogP contribution < -0.4 is 5.43 Å². The maximum Gasteiger partial charge on any atom is 0.244 e. The molecule has 0 saturated carbocycles. The van der Waals surface area contributed by atoms with Gasteiger partial charge in [-0.05, 0) is 31.9 Å². The molecule has 1 amide bonds. The second-order valence-corrected chi connectivity index (χ2v) is 9.03. The molecular formula is C18H23N3O4S. The van der Waals surface area contributed by atoms with E-state index >= 15 is 0 Å². The average Bonchev–Trinajstić information content (AvgIpc) is 2.97. The van der Waals surface area contributed by atoms with Crippen LogP contribution in [0.15, 0.2) is 35.3 Å². The molecule has 1 aliphatic rings. The maximum absolute atomic E-state index is 13.0. The third-order valence-electron chi connectivity index (χ3n) is 5.00. The van der Waals surface area contributed by atoms with Crippen LogP contribution in [0.3, 0.4) is 0 Å². The van der Waals surface area contributed by atoms with Gasteiger partial charge in [0.25, 0.3) is 0 Å². The summed E-state index contributed by atoms with van der Waals surface area (Å²) in [6, 6.07) is 6.66. The fourth-order valence-electron chi connectivity index (χ4n) is 3.50. The van der Waals surface area contributed by atoms with Crippen LogP contribution in [0.1, 0.15) is 26.7 Å². The molecule has 1 saturated heterocycles. The van der Waals surface area contributed by atoms with Gasteiger partial charge in [0.1, 0.15) is 6.54 Å². The van der Waals surface area contributed by atoms with Crippen molar-refractivity contribution in [3.8, 4) is 0 Å². The van der Waals surface area contributed by atoms with E-state index in [0.717, 1.165) is 6.42 Å². The van der Waals surface area contributed by atoms with Crippen LogP contribution in [0.5, 0.6) is 0 Å². The smallest absolute Gasteiger partial charge is 0.244 e. The molecule has 0 radical (unpaired) electrons. The Morgan fingerprint density at radius 2 is 2.12 bits per heavy atom. The number of hydrogen-bond acceptors (Lipinski definition) is 5. The van der Waals surface area contributed by atoms with Crippen molar-refractivity contribution in [3.63, 3.8) is 0 Å². The zero-order chi connectivity index (χ0) is 18.9. The summed E-state index contributed by atoms with van der Waals surface area (Å²) in [6.07, 6.45) is 2.42. The lowest BCUT2D eigenvalue weighted by Crippen LogP contribution is -2.48. The first-order valence-corrected chi connectivity index (χ1v) is 10.6. The number of para-hydroxylation sites is 1. The molecule has 0 bridgehead atoms. The van der Waals surface area contributed by atoms with Gasteiger partial charge in [0.15, 0.2) is 9.84 Å². The lowest BCUT2D eigenvalue weighted by atomic mass is 10.1. The van der Waals surface area contributed by atoms with E-state index in [1.807, 2.05) is 13.8 Å². The van der Waals surface area contributed by atoms with Gasteiger partial charge in [0.2, 0.25) is 11.3 Å². The van der Waals surface area contributed by atoms with Crippen LogP contribution in [0, 0.1) is 0 Å². The van der Waals surface area contributed by atoms with Gasteiger partial charge in [-0.1, -0.05) is 19.1 Å². The molecule has 2 atom stereocenters. The summed E-state index contributed by atoms with van der Waals surface area (Å²) < 4.78 is 25.2. The minimum Gasteiger partial charge on any atom is -0.334 e. The highest BCUT2D eigenvalue weighted by molar-refractivity contribution is 7.91. The van der Waals surface area contributed by atoms with E-state index in [-0.39, 0.29) is 41.5 Å². The summed E-state index contributed by atoms with van der Waals surface area (Å²) in [6.45, 7) is 3.88. The normalized spacial score (nSPS) is 20.2. The number of carbonyl (C=O) groups is 1. The maximum atomic E-state index is 13.0. The summed E-state index contributed by atoms with van der Waals surface area (Å²) in [5.41, 5.74) is 0.404. The van der Waals surface area contributed by atoms with Crippen molar-refractivity contribution in [2.45, 2.75) is 45.3 Å². The highest BCUT2D eigenvalue weighted by Crippen LogP contribution is 2.22. The number of carbonyl (C=O) groups excluding carboxylic acids is 1. The summed E-state index contributed by atoms with van der Waals surface area (Å²) in [4.78, 5) is 26.7. The topological polar surface area (TPSA) is 89.3 Å². The molecule has 1 aromatic carbocycles. The highest BCUT2D eigenvalue weighted by Gasteiger charge is 2.36. The van der Waals surface area contributed by atoms with E-state index in [4.69, 9.17) is 0 Å². The largest absolute Gasteiger partial charge is 0.334 e. The molecule has 1 aromatic heterocycles. The molecular weight excluding hydrogens is 354 g/mol. The Balaban J connectivity index is 1.92. The SMILES string of the molecule is CC[C@H](C)N(C(=O)Cn1ncc(=O)c2ccccc21)[C@@H]1CCS(=O)(=O)C1. The average molecular weight is 377 g/mol. The number of rotatable bonds is 5. The lowest BCUT2D eigenvalue weighted by molar-refractivity contribution is -0.136. The van der Waals surface area contributed by atoms with Gasteiger partial charge in [0, 0.05) is 17.5 Å². The van der Waals surface area contributed by atoms with Gasteiger partial charge < -0.3 is 4.90 Å². The number of nitrogens with zero attached hydrogens (tertiary/aromatic N) is 3. The summed E-state index contributed by atoms with van der Waals surface area (Å²) >= 11 is 0. The Labute approximate surface area is 152 Å². The molecule has 3 rings (SSSR count). The predicted octanol–water partition coefficient (Wildman–Crippen LogP) is 1.21. The molecule has 8 heteroatoms. The van der Waals surface area contributed by atoms with Crippen LogP contribution in [-0.2, 0) is 21.2 Å². The number of hydrogen-bond donors (Lipinski definition) is 0. The van der Waals surface area contributed by atoms with Crippen LogP contribution >= 0.6 is 0 Å². The molecule has 26 heavy (non-hydrogen) atoms. The molecule has 7 nitrogen and oxygen atoms in total. The van der Waals surface area contributed by atoms with Crippen LogP contribution in [0.25, 0.3) is 10.9 Å². The molecule has 140 valence electrons. The first-order chi connectivity index (χ1) is 12.3. The van der Waals surface area contributed by atoms with Gasteiger partial charge in [0.05, 0.1) is 23.2 Å². The number of amides is 1. The Morgan fingerprint density at radius 1 is 1.38 bits per heavy atom. The molecule has 2 aromatic rings. The van der Waals surface area contributed by atoms with Crippen molar-refractivity contribution >= 4 is 26.6 Å². The summed E-state index contributed by atoms with van der Waals surface area (Å²) in [5.74, 6) is -0.0406. The molecule has 0 N–H and O–H groups in total. The van der Waals surface area contributed by atoms with Gasteiger partial charge in [-0.3, -0.25) is 14.3 Å². The van der Waals surface area contributed by atoms with Crippen LogP contribution in [0.4, 0.5) is 0 Å². The van der Waals surface area contributed by atoms with E-state index in [1.165, 1.54) is 10.9 Å². The lowest BCUT2D eigenvalue weighted by Gasteiger charge is -2.34. The highest BCUT2D eigenvalue weighted by atomic mass is 32.2. The van der Waals surface area contributed by atoms with Crippen molar-refractivity contribution < 1.29 is 13.2 Å². The fourth-order valence-corrected chi connectivity index (χ4v) is 5.21. The second kappa shape index (κ2) is 7.19. The molecule has 0 spiro atoms. The molecule has 1 aliphatic heterocycles. The van der Waals surface area contributed by atoms with Crippen molar-refractivity contribution in [1.29, 1.82) is 0 Å². The number of sulfone groups is 1. The van der Waals surface area contributed by atoms with Gasteiger partial charge in [-0.2, -0.15) is 5.10 Å². The zero-order valence-electron chi connectivity index (χ0n) is 15.0. The van der Waals surface area contributed by atoms with Crippen molar-refractivity contribution in [3.05, 3.63) is 40.7 Å². The first kappa shape index (κ1) is 18.6. The van der Waals surface area contributed by atoms with Crippen molar-refractivity contribution in [2.75, 3.05) is 11.5 Å². The van der Waals surface area contributed by atoms with Crippen molar-refractivity contribution in [1.82, 2.24) is 14.7 Å². The second-order valence-electron chi connectivity index (χ2n) is 6.80. The molecule has 0 unspecified atom stereocenters. The van der Waals surface area contributed by atoms with E-state index in [0.29, 0.717) is 17.3 Å². The quantitative estimate of drug-likeness (QED) is 0.781. The van der Waals surface area contributed by atoms with E-state index < -0.39 is 9.84 Å². The Bertz CT molecular complexity index is 983. The van der Waals surface area contributed by atoms with Crippen LogP contribution in [-0.4, -0.2) is 52.6 Å². The van der Waals surface area contributed by atoms with E-state index in [9.17, 15) is 18.0 Å². The van der Waals surface area contributed by atoms with E-state index in [2.05, 4.69) is 5.10 Å². The minimum absolute atomic E-state index is 0.0153. The summed E-state index contributed by atoms with van der Waals surface area (Å²) in [5, 5.41) is 4.62. The standard InChI is InChI=1S/C18H23N3O4S/c1-3-13(2)21(14-8-9-26(24,25)12-14)18(23)11-20-16-7-5-4-6-15(16)17(22)10-19-20/h4-7,10,13-14H,3,8-9,11-12H2,1-2H3/t13-,14+/m0/s1. The monoisotopic (exact) mass is 377 g/mol. The minimum atomic E-state index is -3.09. The Morgan fingerprint density at radius 3 is 2.77 bits per heavy atom. The molecule has 2 heterocycles. The first-order valence-electron chi connectivity index (χ1n) is 8.79. The molecule has 1 fully saturated rings. The van der Waals surface area contributed by atoms with Gasteiger partial charge >= 0.3 is 0 Å². The third kappa shape index (κ3) is 3.65.